The number of furan rings is 1. The molecule has 4 rings (SSSR count). The quantitative estimate of drug-likeness (QED) is 0.587. The van der Waals surface area contributed by atoms with Gasteiger partial charge >= 0.3 is 5.97 Å². The van der Waals surface area contributed by atoms with E-state index in [4.69, 9.17) is 9.15 Å². The highest BCUT2D eigenvalue weighted by molar-refractivity contribution is 7.89. The molecule has 1 aliphatic rings. The lowest BCUT2D eigenvalue weighted by Gasteiger charge is -2.26. The Kier molecular flexibility index (Phi) is 6.06. The summed E-state index contributed by atoms with van der Waals surface area (Å²) in [4.78, 5) is 24.5. The monoisotopic (exact) mass is 442 g/mol. The summed E-state index contributed by atoms with van der Waals surface area (Å²) in [6.07, 6.45) is 2.70. The number of esters is 1. The second kappa shape index (κ2) is 8.91. The van der Waals surface area contributed by atoms with Crippen LogP contribution in [0.4, 0.5) is 5.69 Å². The van der Waals surface area contributed by atoms with Gasteiger partial charge in [0.05, 0.1) is 4.90 Å². The van der Waals surface area contributed by atoms with Crippen molar-refractivity contribution >= 4 is 38.6 Å². The minimum Gasteiger partial charge on any atom is -0.450 e. The molecule has 0 radical (unpaired) electrons. The number of nitrogens with one attached hydrogen (secondary N) is 1. The summed E-state index contributed by atoms with van der Waals surface area (Å²) in [6.45, 7) is 0.465. The average molecular weight is 442 g/mol. The molecule has 1 fully saturated rings. The van der Waals surface area contributed by atoms with Crippen LogP contribution in [0.5, 0.6) is 0 Å². The largest absolute Gasteiger partial charge is 0.450 e. The molecule has 0 atom stereocenters. The Morgan fingerprint density at radius 3 is 2.55 bits per heavy atom. The predicted octanol–water partition coefficient (Wildman–Crippen LogP) is 3.40. The number of rotatable bonds is 6. The third-order valence-electron chi connectivity index (χ3n) is 5.03. The number of fused-ring (bicyclic) bond motifs is 1. The van der Waals surface area contributed by atoms with Gasteiger partial charge in [0, 0.05) is 24.2 Å². The van der Waals surface area contributed by atoms with Crippen LogP contribution < -0.4 is 5.32 Å². The number of carbonyl (C=O) groups is 2. The third kappa shape index (κ3) is 4.78. The fraction of sp³-hybridized carbons (Fsp3) is 0.273. The van der Waals surface area contributed by atoms with Crippen LogP contribution in [0.25, 0.3) is 11.0 Å². The number of carbonyl (C=O) groups excluding carboxylic acids is 2. The number of sulfonamides is 1. The van der Waals surface area contributed by atoms with Gasteiger partial charge in [-0.05, 0) is 43.2 Å². The van der Waals surface area contributed by atoms with Gasteiger partial charge in [0.1, 0.15) is 5.58 Å². The molecule has 1 aliphatic heterocycles. The molecule has 0 bridgehead atoms. The SMILES string of the molecule is O=C(COC(=O)c1cc2ccccc2o1)Nc1cccc(S(=O)(=O)N2CCCCC2)c1. The highest BCUT2D eigenvalue weighted by Gasteiger charge is 2.26. The second-order valence-electron chi connectivity index (χ2n) is 7.27. The molecule has 2 heterocycles. The summed E-state index contributed by atoms with van der Waals surface area (Å²) in [6, 6.07) is 14.7. The number of amides is 1. The molecule has 2 aromatic carbocycles. The summed E-state index contributed by atoms with van der Waals surface area (Å²) in [7, 11) is -3.61. The molecule has 0 spiro atoms. The van der Waals surface area contributed by atoms with Crippen molar-refractivity contribution < 1.29 is 27.2 Å². The number of hydrogen-bond donors (Lipinski definition) is 1. The van der Waals surface area contributed by atoms with Crippen molar-refractivity contribution in [3.63, 3.8) is 0 Å². The summed E-state index contributed by atoms with van der Waals surface area (Å²) in [5, 5.41) is 3.32. The van der Waals surface area contributed by atoms with Crippen LogP contribution in [0, 0.1) is 0 Å². The molecular weight excluding hydrogens is 420 g/mol. The second-order valence-corrected chi connectivity index (χ2v) is 9.20. The zero-order valence-electron chi connectivity index (χ0n) is 16.7. The minimum atomic E-state index is -3.61. The van der Waals surface area contributed by atoms with Crippen molar-refractivity contribution in [3.8, 4) is 0 Å². The number of hydrogen-bond acceptors (Lipinski definition) is 6. The molecular formula is C22H22N2O6S. The van der Waals surface area contributed by atoms with Crippen molar-refractivity contribution in [2.24, 2.45) is 0 Å². The normalized spacial score (nSPS) is 15.0. The fourth-order valence-electron chi connectivity index (χ4n) is 3.47. The number of benzene rings is 2. The Labute approximate surface area is 179 Å². The summed E-state index contributed by atoms with van der Waals surface area (Å²) < 4.78 is 37.5. The van der Waals surface area contributed by atoms with E-state index in [-0.39, 0.29) is 10.7 Å². The molecule has 162 valence electrons. The van der Waals surface area contributed by atoms with Gasteiger partial charge in [-0.15, -0.1) is 0 Å². The molecule has 3 aromatic rings. The standard InChI is InChI=1S/C22H22N2O6S/c25-21(15-29-22(26)20-13-16-7-2-3-10-19(16)30-20)23-17-8-6-9-18(14-17)31(27,28)24-11-4-1-5-12-24/h2-3,6-10,13-14H,1,4-5,11-12,15H2,(H,23,25). The lowest BCUT2D eigenvalue weighted by molar-refractivity contribution is -0.119. The molecule has 1 saturated heterocycles. The first-order valence-corrected chi connectivity index (χ1v) is 11.4. The van der Waals surface area contributed by atoms with Gasteiger partial charge in [-0.25, -0.2) is 13.2 Å². The molecule has 1 amide bonds. The van der Waals surface area contributed by atoms with Gasteiger partial charge in [0.15, 0.2) is 6.61 Å². The van der Waals surface area contributed by atoms with Crippen molar-refractivity contribution in [2.75, 3.05) is 25.0 Å². The van der Waals surface area contributed by atoms with E-state index in [0.717, 1.165) is 24.6 Å². The maximum Gasteiger partial charge on any atom is 0.374 e. The molecule has 0 unspecified atom stereocenters. The van der Waals surface area contributed by atoms with E-state index in [1.165, 1.54) is 16.4 Å². The zero-order chi connectivity index (χ0) is 21.8. The summed E-state index contributed by atoms with van der Waals surface area (Å²) >= 11 is 0. The Bertz CT molecular complexity index is 1180. The van der Waals surface area contributed by atoms with Crippen LogP contribution in [0.3, 0.4) is 0 Å². The van der Waals surface area contributed by atoms with E-state index in [1.807, 2.05) is 6.07 Å². The average Bonchev–Trinajstić information content (AvgIpc) is 3.23. The van der Waals surface area contributed by atoms with Crippen LogP contribution in [0.1, 0.15) is 29.8 Å². The maximum atomic E-state index is 12.8. The molecule has 0 saturated carbocycles. The predicted molar refractivity (Wildman–Crippen MR) is 114 cm³/mol. The van der Waals surface area contributed by atoms with E-state index < -0.39 is 28.5 Å². The smallest absolute Gasteiger partial charge is 0.374 e. The third-order valence-corrected chi connectivity index (χ3v) is 6.93. The van der Waals surface area contributed by atoms with Gasteiger partial charge in [0.25, 0.3) is 5.91 Å². The minimum absolute atomic E-state index is 0.00335. The molecule has 1 aromatic heterocycles. The van der Waals surface area contributed by atoms with Gasteiger partial charge in [-0.3, -0.25) is 4.79 Å². The molecule has 31 heavy (non-hydrogen) atoms. The lowest BCUT2D eigenvalue weighted by atomic mass is 10.2. The Balaban J connectivity index is 1.37. The number of anilines is 1. The molecule has 0 aliphatic carbocycles. The van der Waals surface area contributed by atoms with Gasteiger partial charge in [0.2, 0.25) is 15.8 Å². The van der Waals surface area contributed by atoms with E-state index in [9.17, 15) is 18.0 Å². The van der Waals surface area contributed by atoms with Crippen LogP contribution in [0.2, 0.25) is 0 Å². The molecule has 9 heteroatoms. The highest BCUT2D eigenvalue weighted by Crippen LogP contribution is 2.23. The lowest BCUT2D eigenvalue weighted by Crippen LogP contribution is -2.35. The number of para-hydroxylation sites is 1. The number of nitrogens with zero attached hydrogens (tertiary/aromatic N) is 1. The van der Waals surface area contributed by atoms with Gasteiger partial charge in [-0.2, -0.15) is 4.31 Å². The molecule has 8 nitrogen and oxygen atoms in total. The van der Waals surface area contributed by atoms with E-state index in [2.05, 4.69) is 5.32 Å². The Morgan fingerprint density at radius 2 is 1.77 bits per heavy atom. The first-order valence-electron chi connectivity index (χ1n) is 9.99. The topological polar surface area (TPSA) is 106 Å². The van der Waals surface area contributed by atoms with Crippen LogP contribution in [0.15, 0.2) is 63.9 Å². The maximum absolute atomic E-state index is 12.8. The van der Waals surface area contributed by atoms with Crippen molar-refractivity contribution in [2.45, 2.75) is 24.2 Å². The van der Waals surface area contributed by atoms with Crippen LogP contribution in [-0.2, 0) is 19.6 Å². The van der Waals surface area contributed by atoms with Crippen LogP contribution >= 0.6 is 0 Å². The first-order chi connectivity index (χ1) is 14.9. The highest BCUT2D eigenvalue weighted by atomic mass is 32.2. The van der Waals surface area contributed by atoms with E-state index >= 15 is 0 Å². The zero-order valence-corrected chi connectivity index (χ0v) is 17.6. The van der Waals surface area contributed by atoms with Crippen LogP contribution in [-0.4, -0.2) is 44.3 Å². The van der Waals surface area contributed by atoms with Crippen molar-refractivity contribution in [1.82, 2.24) is 4.31 Å². The number of piperidine rings is 1. The van der Waals surface area contributed by atoms with E-state index in [0.29, 0.717) is 24.4 Å². The Morgan fingerprint density at radius 1 is 1.00 bits per heavy atom. The van der Waals surface area contributed by atoms with E-state index in [1.54, 1.807) is 36.4 Å². The Hall–Kier alpha value is -3.17. The van der Waals surface area contributed by atoms with Crippen molar-refractivity contribution in [3.05, 3.63) is 60.4 Å². The summed E-state index contributed by atoms with van der Waals surface area (Å²) in [5.41, 5.74) is 0.855. The fourth-order valence-corrected chi connectivity index (χ4v) is 5.03. The molecule has 1 N–H and O–H groups in total. The van der Waals surface area contributed by atoms with Crippen molar-refractivity contribution in [1.29, 1.82) is 0 Å². The first kappa shape index (κ1) is 21.1. The summed E-state index contributed by atoms with van der Waals surface area (Å²) in [5.74, 6) is -1.34. The number of ether oxygens (including phenoxy) is 1. The van der Waals surface area contributed by atoms with Gasteiger partial charge in [-0.1, -0.05) is 30.7 Å². The van der Waals surface area contributed by atoms with Gasteiger partial charge < -0.3 is 14.5 Å².